The standard InChI is InChI=1S/C21H26O13/c1-29-11-4-9-2-3-14(24)31-10(9)5-12(11)32-19-17(16(26)15(25)13(6-22)33-19)34-20-18(27)21(28,7-23)8-30-20/h2-5,13,15-20,22-23,25-28H,6-8H2,1H3/t13-,15-,16+,17-,18+,19-,20+,21-/m1/s1. The van der Waals surface area contributed by atoms with Crippen LogP contribution in [0.4, 0.5) is 0 Å². The molecule has 0 aliphatic carbocycles. The van der Waals surface area contributed by atoms with E-state index in [0.717, 1.165) is 0 Å². The molecule has 2 fully saturated rings. The van der Waals surface area contributed by atoms with E-state index < -0.39 is 74.1 Å². The smallest absolute Gasteiger partial charge is 0.336 e. The highest BCUT2D eigenvalue weighted by molar-refractivity contribution is 5.80. The summed E-state index contributed by atoms with van der Waals surface area (Å²) in [7, 11) is 1.37. The highest BCUT2D eigenvalue weighted by Crippen LogP contribution is 2.36. The zero-order valence-electron chi connectivity index (χ0n) is 18.0. The van der Waals surface area contributed by atoms with Gasteiger partial charge >= 0.3 is 5.63 Å². The molecular weight excluding hydrogens is 460 g/mol. The largest absolute Gasteiger partial charge is 0.493 e. The maximum absolute atomic E-state index is 11.6. The SMILES string of the molecule is COc1cc2ccc(=O)oc2cc1O[C@@H]1O[C@H](CO)[C@@H](O)[C@H](O)[C@H]1O[C@@H]1OC[C@](O)(CO)[C@H]1O. The number of rotatable bonds is 7. The molecule has 1 aromatic heterocycles. The van der Waals surface area contributed by atoms with Gasteiger partial charge in [0.1, 0.15) is 35.6 Å². The lowest BCUT2D eigenvalue weighted by Crippen LogP contribution is -2.62. The van der Waals surface area contributed by atoms with Gasteiger partial charge in [0.25, 0.3) is 0 Å². The van der Waals surface area contributed by atoms with Gasteiger partial charge in [0.2, 0.25) is 6.29 Å². The number of aliphatic hydroxyl groups excluding tert-OH is 5. The van der Waals surface area contributed by atoms with Crippen molar-refractivity contribution in [2.45, 2.75) is 48.7 Å². The average Bonchev–Trinajstić information content (AvgIpc) is 3.12. The molecule has 6 N–H and O–H groups in total. The lowest BCUT2D eigenvalue weighted by atomic mass is 9.98. The van der Waals surface area contributed by atoms with Crippen molar-refractivity contribution in [3.8, 4) is 11.5 Å². The fraction of sp³-hybridized carbons (Fsp3) is 0.571. The van der Waals surface area contributed by atoms with Gasteiger partial charge in [-0.25, -0.2) is 4.79 Å². The molecule has 0 radical (unpaired) electrons. The molecule has 13 nitrogen and oxygen atoms in total. The minimum absolute atomic E-state index is 0.0166. The van der Waals surface area contributed by atoms with Crippen LogP contribution in [0.3, 0.4) is 0 Å². The van der Waals surface area contributed by atoms with Crippen molar-refractivity contribution < 1.29 is 58.7 Å². The third-order valence-corrected chi connectivity index (χ3v) is 5.84. The Balaban J connectivity index is 1.65. The predicted molar refractivity (Wildman–Crippen MR) is 110 cm³/mol. The summed E-state index contributed by atoms with van der Waals surface area (Å²) >= 11 is 0. The fourth-order valence-corrected chi connectivity index (χ4v) is 3.81. The number of hydrogen-bond acceptors (Lipinski definition) is 13. The van der Waals surface area contributed by atoms with Gasteiger partial charge in [-0.05, 0) is 12.1 Å². The maximum Gasteiger partial charge on any atom is 0.336 e. The summed E-state index contributed by atoms with van der Waals surface area (Å²) in [5.74, 6) is 0.222. The van der Waals surface area contributed by atoms with Crippen LogP contribution in [0.1, 0.15) is 0 Å². The van der Waals surface area contributed by atoms with Crippen LogP contribution in [0.5, 0.6) is 11.5 Å². The number of benzene rings is 1. The van der Waals surface area contributed by atoms with Crippen molar-refractivity contribution in [3.05, 3.63) is 34.7 Å². The summed E-state index contributed by atoms with van der Waals surface area (Å²) in [5.41, 5.74) is -2.42. The van der Waals surface area contributed by atoms with Crippen LogP contribution in [-0.2, 0) is 14.2 Å². The minimum Gasteiger partial charge on any atom is -0.493 e. The summed E-state index contributed by atoms with van der Waals surface area (Å²) in [6.45, 7) is -1.93. The molecule has 0 spiro atoms. The van der Waals surface area contributed by atoms with Crippen LogP contribution < -0.4 is 15.1 Å². The van der Waals surface area contributed by atoms with Crippen molar-refractivity contribution in [2.24, 2.45) is 0 Å². The monoisotopic (exact) mass is 486 g/mol. The number of aliphatic hydroxyl groups is 6. The topological polar surface area (TPSA) is 198 Å². The first kappa shape index (κ1) is 24.8. The molecule has 0 saturated carbocycles. The summed E-state index contributed by atoms with van der Waals surface area (Å²) in [6.07, 6.45) is -10.7. The van der Waals surface area contributed by atoms with E-state index in [4.69, 9.17) is 28.1 Å². The van der Waals surface area contributed by atoms with Crippen LogP contribution in [0.25, 0.3) is 11.0 Å². The first-order valence-corrected chi connectivity index (χ1v) is 10.4. The van der Waals surface area contributed by atoms with Crippen molar-refractivity contribution in [3.63, 3.8) is 0 Å². The molecule has 0 amide bonds. The molecule has 188 valence electrons. The van der Waals surface area contributed by atoms with Gasteiger partial charge in [0.15, 0.2) is 23.9 Å². The first-order chi connectivity index (χ1) is 16.2. The van der Waals surface area contributed by atoms with Gasteiger partial charge < -0.3 is 58.7 Å². The molecule has 2 aliphatic heterocycles. The third-order valence-electron chi connectivity index (χ3n) is 5.84. The van der Waals surface area contributed by atoms with Gasteiger partial charge in [0, 0.05) is 17.5 Å². The summed E-state index contributed by atoms with van der Waals surface area (Å²) in [6, 6.07) is 5.65. The Labute approximate surface area is 192 Å². The quantitative estimate of drug-likeness (QED) is 0.224. The van der Waals surface area contributed by atoms with E-state index in [1.807, 2.05) is 0 Å². The van der Waals surface area contributed by atoms with E-state index >= 15 is 0 Å². The van der Waals surface area contributed by atoms with E-state index in [-0.39, 0.29) is 17.1 Å². The van der Waals surface area contributed by atoms with Crippen molar-refractivity contribution in [1.82, 2.24) is 0 Å². The van der Waals surface area contributed by atoms with Gasteiger partial charge in [-0.15, -0.1) is 0 Å². The number of fused-ring (bicyclic) bond motifs is 1. The molecule has 2 aliphatic rings. The molecule has 4 rings (SSSR count). The summed E-state index contributed by atoms with van der Waals surface area (Å²) in [5, 5.41) is 60.9. The van der Waals surface area contributed by atoms with Crippen molar-refractivity contribution in [1.29, 1.82) is 0 Å². The minimum atomic E-state index is -1.99. The molecule has 0 unspecified atom stereocenters. The first-order valence-electron chi connectivity index (χ1n) is 10.4. The molecule has 2 aromatic rings. The van der Waals surface area contributed by atoms with Crippen LogP contribution in [0.15, 0.2) is 33.5 Å². The third kappa shape index (κ3) is 4.49. The Bertz CT molecular complexity index is 1060. The van der Waals surface area contributed by atoms with E-state index in [1.165, 1.54) is 31.4 Å². The van der Waals surface area contributed by atoms with Crippen molar-refractivity contribution in [2.75, 3.05) is 26.9 Å². The van der Waals surface area contributed by atoms with E-state index in [1.54, 1.807) is 0 Å². The Morgan fingerprint density at radius 1 is 1.09 bits per heavy atom. The molecule has 2 saturated heterocycles. The lowest BCUT2D eigenvalue weighted by molar-refractivity contribution is -0.319. The normalized spacial score (nSPS) is 36.0. The number of methoxy groups -OCH3 is 1. The summed E-state index contributed by atoms with van der Waals surface area (Å²) < 4.78 is 32.7. The van der Waals surface area contributed by atoms with Gasteiger partial charge in [-0.3, -0.25) is 0 Å². The van der Waals surface area contributed by atoms with E-state index in [0.29, 0.717) is 5.39 Å². The molecule has 0 bridgehead atoms. The molecule has 8 atom stereocenters. The molecule has 34 heavy (non-hydrogen) atoms. The van der Waals surface area contributed by atoms with Crippen LogP contribution in [-0.4, -0.2) is 106 Å². The second-order valence-electron chi connectivity index (χ2n) is 8.11. The Kier molecular flexibility index (Phi) is 7.09. The van der Waals surface area contributed by atoms with E-state index in [2.05, 4.69) is 0 Å². The van der Waals surface area contributed by atoms with Crippen LogP contribution in [0.2, 0.25) is 0 Å². The van der Waals surface area contributed by atoms with Gasteiger partial charge in [-0.1, -0.05) is 0 Å². The second-order valence-corrected chi connectivity index (χ2v) is 8.11. The van der Waals surface area contributed by atoms with Gasteiger partial charge in [-0.2, -0.15) is 0 Å². The number of ether oxygens (including phenoxy) is 5. The average molecular weight is 486 g/mol. The summed E-state index contributed by atoms with van der Waals surface area (Å²) in [4.78, 5) is 11.6. The Hall–Kier alpha value is -2.33. The Morgan fingerprint density at radius 3 is 2.50 bits per heavy atom. The second kappa shape index (κ2) is 9.73. The molecule has 3 heterocycles. The molecule has 13 heteroatoms. The Morgan fingerprint density at radius 2 is 1.85 bits per heavy atom. The number of hydrogen-bond donors (Lipinski definition) is 6. The highest BCUT2D eigenvalue weighted by atomic mass is 16.8. The highest BCUT2D eigenvalue weighted by Gasteiger charge is 2.53. The zero-order valence-corrected chi connectivity index (χ0v) is 18.0. The van der Waals surface area contributed by atoms with Crippen molar-refractivity contribution >= 4 is 11.0 Å². The van der Waals surface area contributed by atoms with E-state index in [9.17, 15) is 35.4 Å². The maximum atomic E-state index is 11.6. The predicted octanol–water partition coefficient (Wildman–Crippen LogP) is -2.55. The lowest BCUT2D eigenvalue weighted by Gasteiger charge is -2.42. The molecular formula is C21H26O13. The fourth-order valence-electron chi connectivity index (χ4n) is 3.81. The van der Waals surface area contributed by atoms with Crippen LogP contribution in [0, 0.1) is 0 Å². The van der Waals surface area contributed by atoms with Crippen LogP contribution >= 0.6 is 0 Å². The zero-order chi connectivity index (χ0) is 24.6. The molecule has 1 aromatic carbocycles. The van der Waals surface area contributed by atoms with Gasteiger partial charge in [0.05, 0.1) is 26.9 Å².